The molecule has 8 heteroatoms. The van der Waals surface area contributed by atoms with E-state index in [0.717, 1.165) is 0 Å². The third-order valence-electron chi connectivity index (χ3n) is 1.82. The number of hydrogen-bond acceptors (Lipinski definition) is 5. The lowest BCUT2D eigenvalue weighted by Crippen LogP contribution is -1.98. The van der Waals surface area contributed by atoms with Crippen molar-refractivity contribution in [1.29, 1.82) is 0 Å². The van der Waals surface area contributed by atoms with Crippen LogP contribution in [-0.2, 0) is 0 Å². The van der Waals surface area contributed by atoms with Crippen molar-refractivity contribution in [3.05, 3.63) is 33.4 Å². The molecule has 0 aliphatic rings. The number of benzene rings is 1. The quantitative estimate of drug-likeness (QED) is 0.207. The molecule has 0 bridgehead atoms. The number of nitrogen functional groups attached to an aromatic ring is 1. The molecular formula is C10H4I2N2O2S2. The molecule has 1 rings (SSSR count). The van der Waals surface area contributed by atoms with Gasteiger partial charge in [-0.25, -0.2) is 0 Å². The Kier molecular flexibility index (Phi) is 6.99. The van der Waals surface area contributed by atoms with E-state index in [1.807, 2.05) is 42.4 Å². The van der Waals surface area contributed by atoms with Crippen LogP contribution in [0.4, 0.5) is 11.4 Å². The van der Waals surface area contributed by atoms with Crippen molar-refractivity contribution in [3.63, 3.8) is 0 Å². The Morgan fingerprint density at radius 2 is 1.61 bits per heavy atom. The summed E-state index contributed by atoms with van der Waals surface area (Å²) in [5.74, 6) is 5.55. The molecule has 0 fully saturated rings. The van der Waals surface area contributed by atoms with Gasteiger partial charge in [0.25, 0.3) is 5.69 Å². The van der Waals surface area contributed by atoms with Gasteiger partial charge in [-0.3, -0.25) is 10.1 Å². The summed E-state index contributed by atoms with van der Waals surface area (Å²) >= 11 is 4.03. The number of hydrogen-bond donors (Lipinski definition) is 1. The van der Waals surface area contributed by atoms with Gasteiger partial charge in [-0.05, 0) is 28.4 Å². The van der Waals surface area contributed by atoms with Crippen LogP contribution < -0.4 is 5.73 Å². The molecule has 1 aromatic rings. The number of anilines is 1. The first kappa shape index (κ1) is 15.8. The Morgan fingerprint density at radius 1 is 1.17 bits per heavy atom. The lowest BCUT2D eigenvalue weighted by atomic mass is 10.1. The van der Waals surface area contributed by atoms with E-state index in [1.165, 1.54) is 30.0 Å². The zero-order chi connectivity index (χ0) is 13.5. The Morgan fingerprint density at radius 3 is 1.94 bits per heavy atom. The topological polar surface area (TPSA) is 69.2 Å². The van der Waals surface area contributed by atoms with Gasteiger partial charge >= 0.3 is 0 Å². The fourth-order valence-corrected chi connectivity index (χ4v) is 2.06. The minimum absolute atomic E-state index is 0.0604. The van der Waals surface area contributed by atoms with Crippen molar-refractivity contribution in [2.45, 2.75) is 0 Å². The fraction of sp³-hybridized carbons (Fsp3) is 0. The Balaban J connectivity index is 3.42. The molecule has 2 N–H and O–H groups in total. The summed E-state index contributed by atoms with van der Waals surface area (Å²) in [5.41, 5.74) is 7.05. The van der Waals surface area contributed by atoms with Crippen LogP contribution in [0.1, 0.15) is 11.1 Å². The van der Waals surface area contributed by atoms with Crippen molar-refractivity contribution < 1.29 is 4.92 Å². The fourth-order valence-electron chi connectivity index (χ4n) is 1.10. The number of non-ortho nitro benzene ring substituents is 1. The SMILES string of the molecule is Nc1c(C#CSI)cc([N+](=O)[O-])cc1C#CSI. The van der Waals surface area contributed by atoms with Crippen LogP contribution >= 0.6 is 60.3 Å². The maximum Gasteiger partial charge on any atom is 0.272 e. The summed E-state index contributed by atoms with van der Waals surface area (Å²) < 4.78 is 0. The van der Waals surface area contributed by atoms with Crippen molar-refractivity contribution in [2.24, 2.45) is 0 Å². The van der Waals surface area contributed by atoms with E-state index in [9.17, 15) is 10.1 Å². The van der Waals surface area contributed by atoms with Gasteiger partial charge in [0, 0.05) is 54.5 Å². The molecule has 0 unspecified atom stereocenters. The van der Waals surface area contributed by atoms with Crippen LogP contribution in [0, 0.1) is 32.5 Å². The number of nitro groups is 1. The first-order valence-corrected chi connectivity index (χ1v) is 11.0. The summed E-state index contributed by atoms with van der Waals surface area (Å²) in [6.45, 7) is 0. The van der Waals surface area contributed by atoms with Crippen molar-refractivity contribution in [3.8, 4) is 22.3 Å². The predicted octanol–water partition coefficient (Wildman–Crippen LogP) is 3.96. The predicted molar refractivity (Wildman–Crippen MR) is 94.5 cm³/mol. The average Bonchev–Trinajstić information content (AvgIpc) is 2.35. The number of rotatable bonds is 1. The Labute approximate surface area is 137 Å². The molecule has 0 amide bonds. The molecule has 1 aromatic carbocycles. The van der Waals surface area contributed by atoms with E-state index in [0.29, 0.717) is 16.8 Å². The number of halogens is 2. The van der Waals surface area contributed by atoms with Gasteiger partial charge in [0.1, 0.15) is 0 Å². The highest BCUT2D eigenvalue weighted by molar-refractivity contribution is 14.2. The lowest BCUT2D eigenvalue weighted by molar-refractivity contribution is -0.384. The second-order valence-electron chi connectivity index (χ2n) is 2.82. The van der Waals surface area contributed by atoms with Gasteiger partial charge in [-0.1, -0.05) is 11.8 Å². The highest BCUT2D eigenvalue weighted by atomic mass is 127. The van der Waals surface area contributed by atoms with Crippen molar-refractivity contribution >= 4 is 71.7 Å². The minimum atomic E-state index is -0.482. The zero-order valence-electron chi connectivity index (χ0n) is 8.57. The molecule has 0 spiro atoms. The second kappa shape index (κ2) is 7.99. The molecule has 18 heavy (non-hydrogen) atoms. The Hall–Kier alpha value is -0.300. The monoisotopic (exact) mass is 502 g/mol. The molecule has 0 aliphatic heterocycles. The normalized spacial score (nSPS) is 8.78. The summed E-state index contributed by atoms with van der Waals surface area (Å²) in [5, 5.41) is 16.3. The molecule has 0 aromatic heterocycles. The van der Waals surface area contributed by atoms with E-state index in [1.54, 1.807) is 0 Å². The molecule has 4 nitrogen and oxygen atoms in total. The van der Waals surface area contributed by atoms with E-state index < -0.39 is 4.92 Å². The first-order valence-electron chi connectivity index (χ1n) is 4.25. The summed E-state index contributed by atoms with van der Waals surface area (Å²) in [7, 11) is 2.57. The summed E-state index contributed by atoms with van der Waals surface area (Å²) in [4.78, 5) is 10.3. The number of nitro benzene ring substituents is 1. The standard InChI is InChI=1S/C10H4I2N2O2S2/c11-17-3-1-7-5-9(14(15)16)6-8(10(7)13)2-4-18-12/h5-6H,13H2. The second-order valence-corrected chi connectivity index (χ2v) is 6.18. The molecular weight excluding hydrogens is 498 g/mol. The lowest BCUT2D eigenvalue weighted by Gasteiger charge is -2.02. The largest absolute Gasteiger partial charge is 0.397 e. The van der Waals surface area contributed by atoms with Crippen LogP contribution in [0.5, 0.6) is 0 Å². The highest BCUT2D eigenvalue weighted by Gasteiger charge is 2.12. The van der Waals surface area contributed by atoms with Crippen molar-refractivity contribution in [2.75, 3.05) is 5.73 Å². The summed E-state index contributed by atoms with van der Waals surface area (Å²) in [6, 6.07) is 2.72. The maximum absolute atomic E-state index is 10.8. The van der Waals surface area contributed by atoms with Gasteiger partial charge in [0.15, 0.2) is 0 Å². The van der Waals surface area contributed by atoms with Crippen LogP contribution in [-0.4, -0.2) is 4.92 Å². The molecule has 0 atom stereocenters. The third kappa shape index (κ3) is 4.42. The first-order chi connectivity index (χ1) is 8.60. The van der Waals surface area contributed by atoms with Crippen molar-refractivity contribution in [1.82, 2.24) is 0 Å². The smallest absolute Gasteiger partial charge is 0.272 e. The van der Waals surface area contributed by atoms with E-state index >= 15 is 0 Å². The molecule has 92 valence electrons. The van der Waals surface area contributed by atoms with Gasteiger partial charge in [0.2, 0.25) is 0 Å². The molecule has 0 saturated carbocycles. The van der Waals surface area contributed by atoms with Crippen LogP contribution in [0.25, 0.3) is 0 Å². The maximum atomic E-state index is 10.8. The zero-order valence-corrected chi connectivity index (χ0v) is 14.5. The Bertz CT molecular complexity index is 556. The van der Waals surface area contributed by atoms with Gasteiger partial charge < -0.3 is 5.73 Å². The van der Waals surface area contributed by atoms with Crippen LogP contribution in [0.3, 0.4) is 0 Å². The molecule has 0 heterocycles. The van der Waals surface area contributed by atoms with Gasteiger partial charge in [0.05, 0.1) is 21.7 Å². The number of nitrogens with zero attached hydrogens (tertiary/aromatic N) is 1. The molecule has 0 aliphatic carbocycles. The van der Waals surface area contributed by atoms with Crippen LogP contribution in [0.15, 0.2) is 12.1 Å². The van der Waals surface area contributed by atoms with E-state index in [-0.39, 0.29) is 5.69 Å². The molecule has 0 radical (unpaired) electrons. The van der Waals surface area contributed by atoms with Gasteiger partial charge in [-0.2, -0.15) is 0 Å². The summed E-state index contributed by atoms with van der Waals surface area (Å²) in [6.07, 6.45) is 0. The van der Waals surface area contributed by atoms with E-state index in [4.69, 9.17) is 5.73 Å². The van der Waals surface area contributed by atoms with Gasteiger partial charge in [-0.15, -0.1) is 0 Å². The number of nitrogens with two attached hydrogens (primary N) is 1. The third-order valence-corrected chi connectivity index (χ3v) is 3.50. The van der Waals surface area contributed by atoms with E-state index in [2.05, 4.69) is 22.3 Å². The highest BCUT2D eigenvalue weighted by Crippen LogP contribution is 2.24. The minimum Gasteiger partial charge on any atom is -0.397 e. The average molecular weight is 502 g/mol. The molecule has 0 saturated heterocycles. The van der Waals surface area contributed by atoms with Crippen LogP contribution in [0.2, 0.25) is 0 Å².